The number of methoxy groups -OCH3 is 1. The third kappa shape index (κ3) is 2.64. The molecule has 0 amide bonds. The number of nitrogens with two attached hydrogens (primary N) is 1. The van der Waals surface area contributed by atoms with Crippen LogP contribution in [0.1, 0.15) is 31.6 Å². The molecule has 0 saturated heterocycles. The van der Waals surface area contributed by atoms with Gasteiger partial charge in [-0.15, -0.1) is 12.4 Å². The summed E-state index contributed by atoms with van der Waals surface area (Å²) >= 11 is 0. The molecule has 1 fully saturated rings. The van der Waals surface area contributed by atoms with Gasteiger partial charge in [-0.2, -0.15) is 4.98 Å². The smallest absolute Gasteiger partial charge is 0.247 e. The van der Waals surface area contributed by atoms with Crippen LogP contribution in [0.4, 0.5) is 0 Å². The van der Waals surface area contributed by atoms with Crippen LogP contribution in [0, 0.1) is 0 Å². The van der Waals surface area contributed by atoms with E-state index in [9.17, 15) is 0 Å². The summed E-state index contributed by atoms with van der Waals surface area (Å²) in [6.45, 7) is 0. The van der Waals surface area contributed by atoms with Crippen molar-refractivity contribution in [3.63, 3.8) is 0 Å². The molecule has 108 valence electrons. The van der Waals surface area contributed by atoms with E-state index in [0.717, 1.165) is 37.0 Å². The molecule has 1 aromatic heterocycles. The first-order valence-electron chi connectivity index (χ1n) is 6.49. The predicted octanol–water partition coefficient (Wildman–Crippen LogP) is 2.90. The lowest BCUT2D eigenvalue weighted by atomic mass is 9.99. The van der Waals surface area contributed by atoms with Crippen molar-refractivity contribution in [3.05, 3.63) is 30.2 Å². The third-order valence-corrected chi connectivity index (χ3v) is 3.70. The van der Waals surface area contributed by atoms with Crippen molar-refractivity contribution >= 4 is 12.4 Å². The van der Waals surface area contributed by atoms with E-state index in [1.807, 2.05) is 24.3 Å². The summed E-state index contributed by atoms with van der Waals surface area (Å²) in [6.07, 6.45) is 4.07. The van der Waals surface area contributed by atoms with Crippen LogP contribution in [-0.2, 0) is 5.54 Å². The van der Waals surface area contributed by atoms with E-state index in [-0.39, 0.29) is 12.4 Å². The summed E-state index contributed by atoms with van der Waals surface area (Å²) in [4.78, 5) is 4.45. The van der Waals surface area contributed by atoms with Crippen LogP contribution >= 0.6 is 12.4 Å². The number of benzene rings is 1. The number of halogens is 1. The lowest BCUT2D eigenvalue weighted by Crippen LogP contribution is -2.33. The van der Waals surface area contributed by atoms with Gasteiger partial charge in [0.15, 0.2) is 0 Å². The molecule has 2 aromatic rings. The molecule has 2 N–H and O–H groups in total. The highest BCUT2D eigenvalue weighted by molar-refractivity contribution is 5.85. The summed E-state index contributed by atoms with van der Waals surface area (Å²) in [5.74, 6) is 1.93. The Morgan fingerprint density at radius 2 is 1.85 bits per heavy atom. The first-order chi connectivity index (χ1) is 9.21. The zero-order valence-electron chi connectivity index (χ0n) is 11.3. The fraction of sp³-hybridized carbons (Fsp3) is 0.429. The van der Waals surface area contributed by atoms with Crippen molar-refractivity contribution < 1.29 is 9.26 Å². The maximum atomic E-state index is 6.30. The van der Waals surface area contributed by atoms with Gasteiger partial charge in [0.1, 0.15) is 5.75 Å². The second-order valence-electron chi connectivity index (χ2n) is 5.01. The largest absolute Gasteiger partial charge is 0.497 e. The van der Waals surface area contributed by atoms with E-state index in [0.29, 0.717) is 11.7 Å². The van der Waals surface area contributed by atoms with Gasteiger partial charge in [-0.05, 0) is 37.1 Å². The van der Waals surface area contributed by atoms with Crippen molar-refractivity contribution in [3.8, 4) is 17.1 Å². The van der Waals surface area contributed by atoms with Gasteiger partial charge in [0, 0.05) is 5.56 Å². The SMILES string of the molecule is COc1ccc(-c2noc(C3(N)CCCC3)n2)cc1.Cl. The summed E-state index contributed by atoms with van der Waals surface area (Å²) in [6, 6.07) is 7.56. The maximum absolute atomic E-state index is 6.30. The molecule has 0 spiro atoms. The molecule has 0 unspecified atom stereocenters. The minimum absolute atomic E-state index is 0. The van der Waals surface area contributed by atoms with Gasteiger partial charge in [0.05, 0.1) is 12.6 Å². The quantitative estimate of drug-likeness (QED) is 0.942. The molecule has 0 bridgehead atoms. The van der Waals surface area contributed by atoms with Gasteiger partial charge in [0.2, 0.25) is 11.7 Å². The van der Waals surface area contributed by atoms with E-state index >= 15 is 0 Å². The lowest BCUT2D eigenvalue weighted by Gasteiger charge is -2.17. The van der Waals surface area contributed by atoms with E-state index in [2.05, 4.69) is 10.1 Å². The van der Waals surface area contributed by atoms with Crippen LogP contribution in [0.25, 0.3) is 11.4 Å². The summed E-state index contributed by atoms with van der Waals surface area (Å²) in [7, 11) is 1.64. The zero-order chi connectivity index (χ0) is 13.3. The first-order valence-corrected chi connectivity index (χ1v) is 6.49. The number of rotatable bonds is 3. The molecule has 0 radical (unpaired) electrons. The molecular weight excluding hydrogens is 278 g/mol. The third-order valence-electron chi connectivity index (χ3n) is 3.70. The molecule has 0 aliphatic heterocycles. The molecule has 0 atom stereocenters. The van der Waals surface area contributed by atoms with Crippen LogP contribution in [0.15, 0.2) is 28.8 Å². The Morgan fingerprint density at radius 1 is 1.20 bits per heavy atom. The highest BCUT2D eigenvalue weighted by atomic mass is 35.5. The minimum atomic E-state index is -0.433. The fourth-order valence-corrected chi connectivity index (χ4v) is 2.50. The molecule has 1 aliphatic rings. The first kappa shape index (κ1) is 14.8. The van der Waals surface area contributed by atoms with Crippen LogP contribution in [0.5, 0.6) is 5.75 Å². The summed E-state index contributed by atoms with van der Waals surface area (Å²) in [5.41, 5.74) is 6.77. The van der Waals surface area contributed by atoms with Crippen molar-refractivity contribution in [2.24, 2.45) is 5.73 Å². The normalized spacial score (nSPS) is 16.7. The van der Waals surface area contributed by atoms with Crippen LogP contribution in [0.3, 0.4) is 0 Å². The van der Waals surface area contributed by atoms with E-state index in [4.69, 9.17) is 15.0 Å². The number of ether oxygens (including phenoxy) is 1. The minimum Gasteiger partial charge on any atom is -0.497 e. The summed E-state index contributed by atoms with van der Waals surface area (Å²) < 4.78 is 10.5. The van der Waals surface area contributed by atoms with Gasteiger partial charge in [-0.25, -0.2) is 0 Å². The average Bonchev–Trinajstić information content (AvgIpc) is 3.08. The number of hydrogen-bond donors (Lipinski definition) is 1. The van der Waals surface area contributed by atoms with Crippen molar-refractivity contribution in [1.29, 1.82) is 0 Å². The van der Waals surface area contributed by atoms with E-state index in [1.54, 1.807) is 7.11 Å². The van der Waals surface area contributed by atoms with Gasteiger partial charge in [-0.3, -0.25) is 0 Å². The fourth-order valence-electron chi connectivity index (χ4n) is 2.50. The molecule has 3 rings (SSSR count). The molecule has 6 heteroatoms. The summed E-state index contributed by atoms with van der Waals surface area (Å²) in [5, 5.41) is 4.02. The van der Waals surface area contributed by atoms with Gasteiger partial charge < -0.3 is 15.0 Å². The Hall–Kier alpha value is -1.59. The number of aromatic nitrogens is 2. The second-order valence-corrected chi connectivity index (χ2v) is 5.01. The van der Waals surface area contributed by atoms with Gasteiger partial charge in [0.25, 0.3) is 0 Å². The van der Waals surface area contributed by atoms with E-state index < -0.39 is 5.54 Å². The second kappa shape index (κ2) is 5.81. The van der Waals surface area contributed by atoms with Crippen LogP contribution < -0.4 is 10.5 Å². The van der Waals surface area contributed by atoms with Crippen LogP contribution in [-0.4, -0.2) is 17.3 Å². The monoisotopic (exact) mass is 295 g/mol. The Morgan fingerprint density at radius 3 is 2.45 bits per heavy atom. The number of nitrogens with zero attached hydrogens (tertiary/aromatic N) is 2. The molecule has 20 heavy (non-hydrogen) atoms. The Balaban J connectivity index is 0.00000147. The molecular formula is C14H18ClN3O2. The molecule has 1 aromatic carbocycles. The van der Waals surface area contributed by atoms with Crippen molar-refractivity contribution in [2.75, 3.05) is 7.11 Å². The van der Waals surface area contributed by atoms with Crippen molar-refractivity contribution in [1.82, 2.24) is 10.1 Å². The topological polar surface area (TPSA) is 74.2 Å². The molecule has 1 saturated carbocycles. The Bertz CT molecular complexity index is 562. The predicted molar refractivity (Wildman–Crippen MR) is 77.9 cm³/mol. The highest BCUT2D eigenvalue weighted by Gasteiger charge is 2.36. The van der Waals surface area contributed by atoms with E-state index in [1.165, 1.54) is 0 Å². The Labute approximate surface area is 123 Å². The van der Waals surface area contributed by atoms with Gasteiger partial charge >= 0.3 is 0 Å². The lowest BCUT2D eigenvalue weighted by molar-refractivity contribution is 0.285. The average molecular weight is 296 g/mol. The standard InChI is InChI=1S/C14H17N3O2.ClH/c1-18-11-6-4-10(5-7-11)12-16-13(19-17-12)14(15)8-2-3-9-14;/h4-7H,2-3,8-9,15H2,1H3;1H. The Kier molecular flexibility index (Phi) is 4.30. The number of hydrogen-bond acceptors (Lipinski definition) is 5. The maximum Gasteiger partial charge on any atom is 0.247 e. The van der Waals surface area contributed by atoms with Gasteiger partial charge in [-0.1, -0.05) is 18.0 Å². The molecule has 1 aliphatic carbocycles. The highest BCUT2D eigenvalue weighted by Crippen LogP contribution is 2.36. The molecule has 1 heterocycles. The molecule has 5 nitrogen and oxygen atoms in total. The zero-order valence-corrected chi connectivity index (χ0v) is 12.2. The van der Waals surface area contributed by atoms with Crippen molar-refractivity contribution in [2.45, 2.75) is 31.2 Å². The van der Waals surface area contributed by atoms with Crippen LogP contribution in [0.2, 0.25) is 0 Å².